The summed E-state index contributed by atoms with van der Waals surface area (Å²) in [6.07, 6.45) is 7.30. The molecule has 1 aromatic carbocycles. The fourth-order valence-electron chi connectivity index (χ4n) is 3.66. The summed E-state index contributed by atoms with van der Waals surface area (Å²) in [5, 5.41) is 2.95. The van der Waals surface area contributed by atoms with Crippen LogP contribution in [0.2, 0.25) is 0 Å². The van der Waals surface area contributed by atoms with Crippen LogP contribution >= 0.6 is 0 Å². The van der Waals surface area contributed by atoms with Crippen molar-refractivity contribution in [2.45, 2.75) is 83.3 Å². The molecule has 8 heteroatoms. The number of Topliss-reactive ketones (excluding diaryl/α,β-unsaturated/α-hetero) is 1. The van der Waals surface area contributed by atoms with E-state index in [2.05, 4.69) is 5.32 Å². The standard InChI is InChI=1S/C26H44N4O4/c27-16-8-6-13-22(19-24(31)23(29)14-7-9-17-28)26(33)30-18-10-2-5-15-25(32)34-20-21-11-3-1-4-12-21/h1,3-4,11-12,22-23H,2,5-10,13-20,27-29H2,(H,30,33). The van der Waals surface area contributed by atoms with Crippen molar-refractivity contribution in [1.82, 2.24) is 5.32 Å². The number of ether oxygens (including phenoxy) is 1. The molecule has 0 saturated carbocycles. The molecule has 0 aliphatic carbocycles. The Bertz CT molecular complexity index is 699. The maximum absolute atomic E-state index is 12.7. The summed E-state index contributed by atoms with van der Waals surface area (Å²) < 4.78 is 5.27. The van der Waals surface area contributed by atoms with Gasteiger partial charge in [0.1, 0.15) is 12.4 Å². The predicted octanol–water partition coefficient (Wildman–Crippen LogP) is 2.57. The van der Waals surface area contributed by atoms with Crippen molar-refractivity contribution in [3.63, 3.8) is 0 Å². The number of amides is 1. The lowest BCUT2D eigenvalue weighted by Gasteiger charge is -2.18. The first-order chi connectivity index (χ1) is 16.5. The molecular formula is C26H44N4O4. The average Bonchev–Trinajstić information content (AvgIpc) is 2.84. The van der Waals surface area contributed by atoms with Gasteiger partial charge in [-0.3, -0.25) is 14.4 Å². The Kier molecular flexibility index (Phi) is 16.7. The molecule has 7 N–H and O–H groups in total. The van der Waals surface area contributed by atoms with Crippen molar-refractivity contribution in [1.29, 1.82) is 0 Å². The Balaban J connectivity index is 2.28. The van der Waals surface area contributed by atoms with E-state index in [0.717, 1.165) is 44.1 Å². The van der Waals surface area contributed by atoms with Crippen molar-refractivity contribution in [3.05, 3.63) is 35.9 Å². The number of benzene rings is 1. The second-order valence-electron chi connectivity index (χ2n) is 8.79. The lowest BCUT2D eigenvalue weighted by atomic mass is 9.91. The zero-order chi connectivity index (χ0) is 25.0. The molecule has 1 aromatic rings. The fourth-order valence-corrected chi connectivity index (χ4v) is 3.66. The van der Waals surface area contributed by atoms with Gasteiger partial charge in [-0.2, -0.15) is 0 Å². The highest BCUT2D eigenvalue weighted by Crippen LogP contribution is 2.16. The Morgan fingerprint density at radius 3 is 2.21 bits per heavy atom. The number of nitrogens with two attached hydrogens (primary N) is 3. The molecule has 2 unspecified atom stereocenters. The van der Waals surface area contributed by atoms with E-state index < -0.39 is 6.04 Å². The van der Waals surface area contributed by atoms with Crippen molar-refractivity contribution >= 4 is 17.7 Å². The van der Waals surface area contributed by atoms with Crippen molar-refractivity contribution < 1.29 is 19.1 Å². The minimum Gasteiger partial charge on any atom is -0.461 e. The molecule has 1 amide bonds. The molecule has 0 aliphatic rings. The van der Waals surface area contributed by atoms with Gasteiger partial charge in [-0.25, -0.2) is 0 Å². The first-order valence-corrected chi connectivity index (χ1v) is 12.6. The molecule has 0 aliphatic heterocycles. The Labute approximate surface area is 204 Å². The normalized spacial score (nSPS) is 12.7. The molecule has 0 bridgehead atoms. The molecular weight excluding hydrogens is 432 g/mol. The SMILES string of the molecule is NCCCCC(N)C(=O)CC(CCCCN)C(=O)NCCCCCC(=O)OCc1ccccc1. The van der Waals surface area contributed by atoms with Crippen LogP contribution in [-0.4, -0.2) is 43.3 Å². The van der Waals surface area contributed by atoms with Crippen molar-refractivity contribution in [2.24, 2.45) is 23.1 Å². The summed E-state index contributed by atoms with van der Waals surface area (Å²) in [7, 11) is 0. The number of hydrogen-bond donors (Lipinski definition) is 4. The average molecular weight is 477 g/mol. The first-order valence-electron chi connectivity index (χ1n) is 12.6. The number of carbonyl (C=O) groups is 3. The lowest BCUT2D eigenvalue weighted by molar-refractivity contribution is -0.145. The summed E-state index contributed by atoms with van der Waals surface area (Å²) >= 11 is 0. The van der Waals surface area contributed by atoms with Crippen molar-refractivity contribution in [3.8, 4) is 0 Å². The van der Waals surface area contributed by atoms with Gasteiger partial charge < -0.3 is 27.3 Å². The number of esters is 1. The van der Waals surface area contributed by atoms with Gasteiger partial charge in [0.25, 0.3) is 0 Å². The summed E-state index contributed by atoms with van der Waals surface area (Å²) in [6, 6.07) is 9.04. The molecule has 192 valence electrons. The summed E-state index contributed by atoms with van der Waals surface area (Å²) in [5.41, 5.74) is 18.1. The van der Waals surface area contributed by atoms with Crippen LogP contribution < -0.4 is 22.5 Å². The molecule has 0 fully saturated rings. The predicted molar refractivity (Wildman–Crippen MR) is 135 cm³/mol. The van der Waals surface area contributed by atoms with E-state index in [9.17, 15) is 14.4 Å². The third kappa shape index (κ3) is 14.1. The molecule has 34 heavy (non-hydrogen) atoms. The van der Waals surface area contributed by atoms with E-state index in [-0.39, 0.29) is 36.6 Å². The second-order valence-corrected chi connectivity index (χ2v) is 8.79. The number of nitrogens with one attached hydrogen (secondary N) is 1. The van der Waals surface area contributed by atoms with E-state index in [4.69, 9.17) is 21.9 Å². The Morgan fingerprint density at radius 1 is 0.853 bits per heavy atom. The van der Waals surface area contributed by atoms with Gasteiger partial charge in [0.2, 0.25) is 5.91 Å². The Morgan fingerprint density at radius 2 is 1.53 bits per heavy atom. The fraction of sp³-hybridized carbons (Fsp3) is 0.654. The monoisotopic (exact) mass is 476 g/mol. The van der Waals surface area contributed by atoms with Crippen LogP contribution in [0, 0.1) is 5.92 Å². The minimum absolute atomic E-state index is 0.0704. The molecule has 0 aromatic heterocycles. The van der Waals surface area contributed by atoms with Crippen molar-refractivity contribution in [2.75, 3.05) is 19.6 Å². The van der Waals surface area contributed by atoms with E-state index >= 15 is 0 Å². The molecule has 0 saturated heterocycles. The van der Waals surface area contributed by atoms with Gasteiger partial charge >= 0.3 is 5.97 Å². The van der Waals surface area contributed by atoms with Crippen LogP contribution in [0.3, 0.4) is 0 Å². The van der Waals surface area contributed by atoms with Crippen LogP contribution in [0.5, 0.6) is 0 Å². The van der Waals surface area contributed by atoms with Crippen LogP contribution in [0.4, 0.5) is 0 Å². The molecule has 1 rings (SSSR count). The van der Waals surface area contributed by atoms with E-state index in [1.165, 1.54) is 0 Å². The van der Waals surface area contributed by atoms with Gasteiger partial charge in [0, 0.05) is 25.3 Å². The lowest BCUT2D eigenvalue weighted by Crippen LogP contribution is -2.37. The Hall–Kier alpha value is -2.29. The summed E-state index contributed by atoms with van der Waals surface area (Å²) in [5.74, 6) is -0.775. The highest BCUT2D eigenvalue weighted by Gasteiger charge is 2.24. The molecule has 0 spiro atoms. The summed E-state index contributed by atoms with van der Waals surface area (Å²) in [4.78, 5) is 37.1. The zero-order valence-corrected chi connectivity index (χ0v) is 20.5. The number of unbranched alkanes of at least 4 members (excludes halogenated alkanes) is 4. The smallest absolute Gasteiger partial charge is 0.306 e. The first kappa shape index (κ1) is 29.7. The number of rotatable bonds is 20. The maximum atomic E-state index is 12.7. The van der Waals surface area contributed by atoms with E-state index in [0.29, 0.717) is 45.3 Å². The van der Waals surface area contributed by atoms with Crippen LogP contribution in [0.1, 0.15) is 76.2 Å². The quantitative estimate of drug-likeness (QED) is 0.167. The van der Waals surface area contributed by atoms with Gasteiger partial charge in [0.15, 0.2) is 0 Å². The molecule has 0 radical (unpaired) electrons. The van der Waals surface area contributed by atoms with Crippen LogP contribution in [0.25, 0.3) is 0 Å². The number of ketones is 1. The maximum Gasteiger partial charge on any atom is 0.306 e. The highest BCUT2D eigenvalue weighted by atomic mass is 16.5. The molecule has 8 nitrogen and oxygen atoms in total. The zero-order valence-electron chi connectivity index (χ0n) is 20.5. The van der Waals surface area contributed by atoms with Gasteiger partial charge in [0.05, 0.1) is 6.04 Å². The van der Waals surface area contributed by atoms with Gasteiger partial charge in [-0.15, -0.1) is 0 Å². The number of hydrogen-bond acceptors (Lipinski definition) is 7. The summed E-state index contributed by atoms with van der Waals surface area (Å²) in [6.45, 7) is 1.95. The number of carbonyl (C=O) groups excluding carboxylic acids is 3. The molecule has 2 atom stereocenters. The second kappa shape index (κ2) is 19.1. The van der Waals surface area contributed by atoms with Crippen LogP contribution in [0.15, 0.2) is 30.3 Å². The topological polar surface area (TPSA) is 151 Å². The van der Waals surface area contributed by atoms with Crippen LogP contribution in [-0.2, 0) is 25.7 Å². The van der Waals surface area contributed by atoms with E-state index in [1.54, 1.807) is 0 Å². The largest absolute Gasteiger partial charge is 0.461 e. The third-order valence-corrected chi connectivity index (χ3v) is 5.81. The van der Waals surface area contributed by atoms with Gasteiger partial charge in [-0.1, -0.05) is 49.6 Å². The van der Waals surface area contributed by atoms with E-state index in [1.807, 2.05) is 30.3 Å². The highest BCUT2D eigenvalue weighted by molar-refractivity contribution is 5.89. The molecule has 0 heterocycles. The minimum atomic E-state index is -0.544. The van der Waals surface area contributed by atoms with Gasteiger partial charge in [-0.05, 0) is 57.2 Å². The third-order valence-electron chi connectivity index (χ3n) is 5.81.